The number of carbonyl (C=O) groups is 2. The number of carboxylic acids is 2. The fourth-order valence-corrected chi connectivity index (χ4v) is 1.53. The van der Waals surface area contributed by atoms with E-state index in [1.165, 1.54) is 6.07 Å². The molecule has 0 aliphatic heterocycles. The third-order valence-electron chi connectivity index (χ3n) is 1.54. The highest BCUT2D eigenvalue weighted by Gasteiger charge is 2.19. The van der Waals surface area contributed by atoms with E-state index in [4.69, 9.17) is 33.4 Å². The van der Waals surface area contributed by atoms with E-state index in [0.29, 0.717) is 0 Å². The summed E-state index contributed by atoms with van der Waals surface area (Å²) in [5, 5.41) is 16.9. The summed E-state index contributed by atoms with van der Waals surface area (Å²) < 4.78 is 0. The van der Waals surface area contributed by atoms with Crippen molar-refractivity contribution in [2.24, 2.45) is 0 Å². The zero-order valence-corrected chi connectivity index (χ0v) is 9.36. The molecular formula is C8H5Cl3O4. The molecule has 1 aromatic carbocycles. The summed E-state index contributed by atoms with van der Waals surface area (Å²) in [5.74, 6) is -2.66. The van der Waals surface area contributed by atoms with Gasteiger partial charge in [-0.05, 0) is 12.1 Å². The predicted octanol–water partition coefficient (Wildman–Crippen LogP) is 2.81. The van der Waals surface area contributed by atoms with E-state index in [2.05, 4.69) is 0 Å². The molecule has 0 saturated carbocycles. The van der Waals surface area contributed by atoms with E-state index in [0.717, 1.165) is 6.07 Å². The Morgan fingerprint density at radius 2 is 1.60 bits per heavy atom. The van der Waals surface area contributed by atoms with Crippen LogP contribution in [0.1, 0.15) is 20.7 Å². The van der Waals surface area contributed by atoms with Crippen LogP contribution in [0.4, 0.5) is 0 Å². The molecule has 0 atom stereocenters. The van der Waals surface area contributed by atoms with E-state index in [1.54, 1.807) is 0 Å². The SMILES string of the molecule is Cl.O=C(O)c1ccc(Cl)c(C(=O)O)c1Cl. The Morgan fingerprint density at radius 3 is 2.00 bits per heavy atom. The average molecular weight is 271 g/mol. The summed E-state index contributed by atoms with van der Waals surface area (Å²) >= 11 is 11.1. The summed E-state index contributed by atoms with van der Waals surface area (Å²) in [5.41, 5.74) is -0.679. The molecule has 0 aliphatic carbocycles. The van der Waals surface area contributed by atoms with Crippen LogP contribution in [0.2, 0.25) is 10.0 Å². The van der Waals surface area contributed by atoms with Gasteiger partial charge in [0.1, 0.15) is 0 Å². The van der Waals surface area contributed by atoms with E-state index in [9.17, 15) is 9.59 Å². The Morgan fingerprint density at radius 1 is 1.07 bits per heavy atom. The number of benzene rings is 1. The van der Waals surface area contributed by atoms with Gasteiger partial charge in [0.05, 0.1) is 21.2 Å². The minimum Gasteiger partial charge on any atom is -0.478 e. The number of halogens is 3. The molecule has 2 N–H and O–H groups in total. The first-order chi connectivity index (χ1) is 6.45. The Balaban J connectivity index is 0.00000196. The van der Waals surface area contributed by atoms with Gasteiger partial charge in [-0.15, -0.1) is 12.4 Å². The van der Waals surface area contributed by atoms with Gasteiger partial charge >= 0.3 is 11.9 Å². The van der Waals surface area contributed by atoms with Crippen molar-refractivity contribution in [1.82, 2.24) is 0 Å². The van der Waals surface area contributed by atoms with Crippen molar-refractivity contribution in [3.8, 4) is 0 Å². The van der Waals surface area contributed by atoms with Crippen molar-refractivity contribution in [1.29, 1.82) is 0 Å². The van der Waals surface area contributed by atoms with Crippen LogP contribution in [0.5, 0.6) is 0 Å². The molecule has 0 aromatic heterocycles. The first-order valence-corrected chi connectivity index (χ1v) is 4.15. The molecular weight excluding hydrogens is 266 g/mol. The summed E-state index contributed by atoms with van der Waals surface area (Å²) in [6.07, 6.45) is 0. The highest BCUT2D eigenvalue weighted by molar-refractivity contribution is 6.41. The first kappa shape index (κ1) is 14.0. The van der Waals surface area contributed by atoms with Crippen LogP contribution < -0.4 is 0 Å². The normalized spacial score (nSPS) is 9.20. The Kier molecular flexibility index (Phi) is 4.87. The lowest BCUT2D eigenvalue weighted by Gasteiger charge is -2.04. The fourth-order valence-electron chi connectivity index (χ4n) is 0.914. The third kappa shape index (κ3) is 2.75. The van der Waals surface area contributed by atoms with Gasteiger partial charge in [0, 0.05) is 0 Å². The number of carboxylic acid groups (broad SMARTS) is 2. The monoisotopic (exact) mass is 270 g/mol. The predicted molar refractivity (Wildman–Crippen MR) is 57.6 cm³/mol. The lowest BCUT2D eigenvalue weighted by molar-refractivity contribution is 0.0696. The smallest absolute Gasteiger partial charge is 0.338 e. The second-order valence-electron chi connectivity index (χ2n) is 2.39. The molecule has 4 nitrogen and oxygen atoms in total. The van der Waals surface area contributed by atoms with Gasteiger partial charge in [-0.1, -0.05) is 23.2 Å². The van der Waals surface area contributed by atoms with Gasteiger partial charge in [-0.2, -0.15) is 0 Å². The van der Waals surface area contributed by atoms with Gasteiger partial charge in [-0.3, -0.25) is 0 Å². The largest absolute Gasteiger partial charge is 0.478 e. The number of hydrogen-bond donors (Lipinski definition) is 2. The third-order valence-corrected chi connectivity index (χ3v) is 2.24. The molecule has 0 radical (unpaired) electrons. The van der Waals surface area contributed by atoms with Crippen molar-refractivity contribution in [2.75, 3.05) is 0 Å². The Labute approximate surface area is 101 Å². The van der Waals surface area contributed by atoms with E-state index < -0.39 is 17.5 Å². The first-order valence-electron chi connectivity index (χ1n) is 3.39. The molecule has 0 amide bonds. The lowest BCUT2D eigenvalue weighted by atomic mass is 10.1. The van der Waals surface area contributed by atoms with Gasteiger partial charge in [0.2, 0.25) is 0 Å². The standard InChI is InChI=1S/C8H4Cl2O4.ClH/c9-4-2-1-3(7(11)12)6(10)5(4)8(13)14;/h1-2H,(H,11,12)(H,13,14);1H. The van der Waals surface area contributed by atoms with Crippen molar-refractivity contribution >= 4 is 47.5 Å². The molecule has 0 heterocycles. The fraction of sp³-hybridized carbons (Fsp3) is 0. The summed E-state index contributed by atoms with van der Waals surface area (Å²) in [6.45, 7) is 0. The van der Waals surface area contributed by atoms with E-state index >= 15 is 0 Å². The van der Waals surface area contributed by atoms with Crippen LogP contribution in [0, 0.1) is 0 Å². The zero-order valence-electron chi connectivity index (χ0n) is 7.03. The molecule has 0 aliphatic rings. The molecule has 0 saturated heterocycles. The molecule has 1 rings (SSSR count). The Bertz CT molecular complexity index is 417. The van der Waals surface area contributed by atoms with Crippen molar-refractivity contribution in [2.45, 2.75) is 0 Å². The van der Waals surface area contributed by atoms with Crippen molar-refractivity contribution in [3.63, 3.8) is 0 Å². The molecule has 1 aromatic rings. The van der Waals surface area contributed by atoms with Gasteiger partial charge in [-0.25, -0.2) is 9.59 Å². The minimum atomic E-state index is -1.36. The van der Waals surface area contributed by atoms with Crippen LogP contribution >= 0.6 is 35.6 Å². The molecule has 0 bridgehead atoms. The van der Waals surface area contributed by atoms with Crippen LogP contribution in [-0.2, 0) is 0 Å². The van der Waals surface area contributed by atoms with Crippen molar-refractivity contribution < 1.29 is 19.8 Å². The second kappa shape index (κ2) is 5.21. The zero-order chi connectivity index (χ0) is 10.9. The summed E-state index contributed by atoms with van der Waals surface area (Å²) in [4.78, 5) is 21.2. The van der Waals surface area contributed by atoms with Crippen LogP contribution in [0.3, 0.4) is 0 Å². The van der Waals surface area contributed by atoms with Crippen LogP contribution in [0.15, 0.2) is 12.1 Å². The average Bonchev–Trinajstić information content (AvgIpc) is 2.02. The highest BCUT2D eigenvalue weighted by atomic mass is 35.5. The molecule has 0 unspecified atom stereocenters. The quantitative estimate of drug-likeness (QED) is 0.867. The number of hydrogen-bond acceptors (Lipinski definition) is 2. The van der Waals surface area contributed by atoms with E-state index in [1.807, 2.05) is 0 Å². The minimum absolute atomic E-state index is 0. The van der Waals surface area contributed by atoms with E-state index in [-0.39, 0.29) is 28.0 Å². The molecule has 7 heteroatoms. The number of rotatable bonds is 2. The van der Waals surface area contributed by atoms with Crippen LogP contribution in [0.25, 0.3) is 0 Å². The van der Waals surface area contributed by atoms with Gasteiger partial charge in [0.25, 0.3) is 0 Å². The molecule has 0 fully saturated rings. The topological polar surface area (TPSA) is 74.6 Å². The maximum absolute atomic E-state index is 10.7. The van der Waals surface area contributed by atoms with Crippen LogP contribution in [-0.4, -0.2) is 22.2 Å². The summed E-state index contributed by atoms with van der Waals surface area (Å²) in [7, 11) is 0. The molecule has 0 spiro atoms. The maximum Gasteiger partial charge on any atom is 0.338 e. The van der Waals surface area contributed by atoms with Gasteiger partial charge in [0.15, 0.2) is 0 Å². The maximum atomic E-state index is 10.7. The lowest BCUT2D eigenvalue weighted by Crippen LogP contribution is -2.05. The highest BCUT2D eigenvalue weighted by Crippen LogP contribution is 2.28. The molecule has 82 valence electrons. The Hall–Kier alpha value is -0.970. The molecule has 15 heavy (non-hydrogen) atoms. The summed E-state index contributed by atoms with van der Waals surface area (Å²) in [6, 6.07) is 2.33. The second-order valence-corrected chi connectivity index (χ2v) is 3.18. The van der Waals surface area contributed by atoms with Crippen molar-refractivity contribution in [3.05, 3.63) is 33.3 Å². The van der Waals surface area contributed by atoms with Gasteiger partial charge < -0.3 is 10.2 Å². The number of aromatic carboxylic acids is 2.